The molecular formula is C17H15ClN2O2. The summed E-state index contributed by atoms with van der Waals surface area (Å²) in [6.07, 6.45) is -0.00362. The summed E-state index contributed by atoms with van der Waals surface area (Å²) in [5, 5.41) is 9.57. The second kappa shape index (κ2) is 5.81. The Kier molecular flexibility index (Phi) is 3.86. The summed E-state index contributed by atoms with van der Waals surface area (Å²) >= 11 is 6.28. The van der Waals surface area contributed by atoms with E-state index in [0.29, 0.717) is 5.02 Å². The van der Waals surface area contributed by atoms with Crippen LogP contribution in [-0.4, -0.2) is 20.6 Å². The predicted molar refractivity (Wildman–Crippen MR) is 87.2 cm³/mol. The van der Waals surface area contributed by atoms with E-state index in [0.717, 1.165) is 34.5 Å². The number of aliphatic carboxylic acids is 1. The minimum Gasteiger partial charge on any atom is -0.481 e. The van der Waals surface area contributed by atoms with Gasteiger partial charge in [0.1, 0.15) is 5.82 Å². The first kappa shape index (κ1) is 14.6. The molecule has 5 heteroatoms. The summed E-state index contributed by atoms with van der Waals surface area (Å²) in [7, 11) is 0. The largest absolute Gasteiger partial charge is 0.481 e. The van der Waals surface area contributed by atoms with Crippen molar-refractivity contribution < 1.29 is 9.90 Å². The third kappa shape index (κ3) is 2.57. The Morgan fingerprint density at radius 3 is 2.73 bits per heavy atom. The van der Waals surface area contributed by atoms with Crippen LogP contribution in [0.4, 0.5) is 0 Å². The number of hydrogen-bond acceptors (Lipinski definition) is 2. The quantitative estimate of drug-likeness (QED) is 0.791. The van der Waals surface area contributed by atoms with E-state index < -0.39 is 5.97 Å². The van der Waals surface area contributed by atoms with E-state index in [1.54, 1.807) is 0 Å². The fourth-order valence-corrected chi connectivity index (χ4v) is 2.85. The SMILES string of the molecule is CCn1c(-c2ccccc2Cl)nc2cc(CC(=O)O)ccc21. The van der Waals surface area contributed by atoms with E-state index in [9.17, 15) is 4.79 Å². The van der Waals surface area contributed by atoms with Crippen LogP contribution in [0.2, 0.25) is 5.02 Å². The van der Waals surface area contributed by atoms with Gasteiger partial charge in [0.25, 0.3) is 0 Å². The predicted octanol–water partition coefficient (Wildman–Crippen LogP) is 4.00. The number of fused-ring (bicyclic) bond motifs is 1. The maximum Gasteiger partial charge on any atom is 0.307 e. The lowest BCUT2D eigenvalue weighted by Crippen LogP contribution is -2.00. The molecule has 0 saturated heterocycles. The lowest BCUT2D eigenvalue weighted by Gasteiger charge is -2.07. The van der Waals surface area contributed by atoms with Crippen molar-refractivity contribution in [3.63, 3.8) is 0 Å². The van der Waals surface area contributed by atoms with Crippen LogP contribution in [-0.2, 0) is 17.8 Å². The highest BCUT2D eigenvalue weighted by Gasteiger charge is 2.14. The number of halogens is 1. The van der Waals surface area contributed by atoms with Crippen LogP contribution in [0.3, 0.4) is 0 Å². The molecular weight excluding hydrogens is 300 g/mol. The van der Waals surface area contributed by atoms with Crippen molar-refractivity contribution in [1.29, 1.82) is 0 Å². The van der Waals surface area contributed by atoms with Gasteiger partial charge in [-0.3, -0.25) is 4.79 Å². The van der Waals surface area contributed by atoms with Crippen LogP contribution >= 0.6 is 11.6 Å². The van der Waals surface area contributed by atoms with Gasteiger partial charge < -0.3 is 9.67 Å². The van der Waals surface area contributed by atoms with Crippen LogP contribution in [0.5, 0.6) is 0 Å². The zero-order valence-electron chi connectivity index (χ0n) is 12.1. The van der Waals surface area contributed by atoms with Crippen LogP contribution in [0.15, 0.2) is 42.5 Å². The van der Waals surface area contributed by atoms with E-state index >= 15 is 0 Å². The second-order valence-corrected chi connectivity index (χ2v) is 5.46. The standard InChI is InChI=1S/C17H15ClN2O2/c1-2-20-15-8-7-11(10-16(21)22)9-14(15)19-17(20)12-5-3-4-6-13(12)18/h3-9H,2,10H2,1H3,(H,21,22). The van der Waals surface area contributed by atoms with Gasteiger partial charge in [-0.15, -0.1) is 0 Å². The minimum absolute atomic E-state index is 0.00362. The third-order valence-corrected chi connectivity index (χ3v) is 3.93. The molecule has 0 saturated carbocycles. The highest BCUT2D eigenvalue weighted by atomic mass is 35.5. The summed E-state index contributed by atoms with van der Waals surface area (Å²) in [5.74, 6) is -0.0452. The average molecular weight is 315 g/mol. The van der Waals surface area contributed by atoms with Crippen LogP contribution in [0, 0.1) is 0 Å². The molecule has 0 fully saturated rings. The average Bonchev–Trinajstić information content (AvgIpc) is 2.84. The number of aromatic nitrogens is 2. The number of carboxylic acid groups (broad SMARTS) is 1. The molecule has 1 heterocycles. The van der Waals surface area contributed by atoms with Crippen molar-refractivity contribution in [1.82, 2.24) is 9.55 Å². The van der Waals surface area contributed by atoms with Crippen molar-refractivity contribution in [3.8, 4) is 11.4 Å². The fourth-order valence-electron chi connectivity index (χ4n) is 2.63. The zero-order chi connectivity index (χ0) is 15.7. The Morgan fingerprint density at radius 1 is 1.27 bits per heavy atom. The van der Waals surface area contributed by atoms with Gasteiger partial charge in [-0.2, -0.15) is 0 Å². The number of hydrogen-bond donors (Lipinski definition) is 1. The molecule has 0 bridgehead atoms. The van der Waals surface area contributed by atoms with Crippen molar-refractivity contribution in [2.45, 2.75) is 19.9 Å². The summed E-state index contributed by atoms with van der Waals surface area (Å²) in [6, 6.07) is 13.2. The molecule has 0 atom stereocenters. The van der Waals surface area contributed by atoms with Gasteiger partial charge in [-0.1, -0.05) is 29.8 Å². The van der Waals surface area contributed by atoms with Crippen LogP contribution in [0.1, 0.15) is 12.5 Å². The van der Waals surface area contributed by atoms with Crippen molar-refractivity contribution >= 4 is 28.6 Å². The van der Waals surface area contributed by atoms with Crippen molar-refractivity contribution in [2.75, 3.05) is 0 Å². The van der Waals surface area contributed by atoms with E-state index in [-0.39, 0.29) is 6.42 Å². The van der Waals surface area contributed by atoms with Gasteiger partial charge in [-0.25, -0.2) is 4.98 Å². The molecule has 0 aliphatic carbocycles. The van der Waals surface area contributed by atoms with Gasteiger partial charge in [0.05, 0.1) is 22.5 Å². The van der Waals surface area contributed by atoms with Gasteiger partial charge in [0.2, 0.25) is 0 Å². The molecule has 3 rings (SSSR count). The highest BCUT2D eigenvalue weighted by Crippen LogP contribution is 2.30. The normalized spacial score (nSPS) is 11.0. The third-order valence-electron chi connectivity index (χ3n) is 3.60. The van der Waals surface area contributed by atoms with E-state index in [1.165, 1.54) is 0 Å². The van der Waals surface area contributed by atoms with E-state index in [2.05, 4.69) is 9.55 Å². The number of imidazole rings is 1. The highest BCUT2D eigenvalue weighted by molar-refractivity contribution is 6.33. The molecule has 0 amide bonds. The number of benzene rings is 2. The van der Waals surface area contributed by atoms with Crippen molar-refractivity contribution in [2.24, 2.45) is 0 Å². The fraction of sp³-hybridized carbons (Fsp3) is 0.176. The van der Waals surface area contributed by atoms with Crippen LogP contribution < -0.4 is 0 Å². The monoisotopic (exact) mass is 314 g/mol. The summed E-state index contributed by atoms with van der Waals surface area (Å²) < 4.78 is 2.08. The summed E-state index contributed by atoms with van der Waals surface area (Å²) in [4.78, 5) is 15.5. The second-order valence-electron chi connectivity index (χ2n) is 5.05. The van der Waals surface area contributed by atoms with E-state index in [4.69, 9.17) is 16.7 Å². The number of nitrogens with zero attached hydrogens (tertiary/aromatic N) is 2. The maximum atomic E-state index is 10.9. The Hall–Kier alpha value is -2.33. The van der Waals surface area contributed by atoms with Gasteiger partial charge in [-0.05, 0) is 36.8 Å². The Bertz CT molecular complexity index is 855. The molecule has 112 valence electrons. The molecule has 4 nitrogen and oxygen atoms in total. The Balaban J connectivity index is 2.19. The van der Waals surface area contributed by atoms with Crippen LogP contribution in [0.25, 0.3) is 22.4 Å². The first-order valence-corrected chi connectivity index (χ1v) is 7.43. The number of rotatable bonds is 4. The zero-order valence-corrected chi connectivity index (χ0v) is 12.8. The lowest BCUT2D eigenvalue weighted by molar-refractivity contribution is -0.136. The van der Waals surface area contributed by atoms with E-state index in [1.807, 2.05) is 49.4 Å². The maximum absolute atomic E-state index is 10.9. The molecule has 0 aliphatic rings. The summed E-state index contributed by atoms with van der Waals surface area (Å²) in [5.41, 5.74) is 3.38. The molecule has 0 radical (unpaired) electrons. The molecule has 0 unspecified atom stereocenters. The first-order valence-electron chi connectivity index (χ1n) is 7.06. The van der Waals surface area contributed by atoms with Gasteiger partial charge in [0, 0.05) is 12.1 Å². The number of carboxylic acids is 1. The minimum atomic E-state index is -0.847. The molecule has 3 aromatic rings. The Morgan fingerprint density at radius 2 is 2.05 bits per heavy atom. The molecule has 1 N–H and O–H groups in total. The Labute approximate surface area is 133 Å². The molecule has 0 spiro atoms. The molecule has 1 aromatic heterocycles. The molecule has 0 aliphatic heterocycles. The van der Waals surface area contributed by atoms with Gasteiger partial charge >= 0.3 is 5.97 Å². The molecule has 2 aromatic carbocycles. The smallest absolute Gasteiger partial charge is 0.307 e. The van der Waals surface area contributed by atoms with Gasteiger partial charge in [0.15, 0.2) is 0 Å². The summed E-state index contributed by atoms with van der Waals surface area (Å²) in [6.45, 7) is 2.81. The number of carbonyl (C=O) groups is 1. The topological polar surface area (TPSA) is 55.1 Å². The number of aryl methyl sites for hydroxylation is 1. The lowest BCUT2D eigenvalue weighted by atomic mass is 10.1. The first-order chi connectivity index (χ1) is 10.6. The van der Waals surface area contributed by atoms with Crippen molar-refractivity contribution in [3.05, 3.63) is 53.1 Å². The molecule has 22 heavy (non-hydrogen) atoms.